The molecule has 0 heterocycles. The van der Waals surface area contributed by atoms with Crippen molar-refractivity contribution in [2.24, 2.45) is 5.73 Å². The van der Waals surface area contributed by atoms with Crippen LogP contribution in [-0.2, 0) is 6.61 Å². The number of hydrogen-bond acceptors (Lipinski definition) is 2. The molecule has 3 nitrogen and oxygen atoms in total. The van der Waals surface area contributed by atoms with Crippen molar-refractivity contribution in [1.82, 2.24) is 0 Å². The van der Waals surface area contributed by atoms with E-state index in [1.54, 1.807) is 24.3 Å². The van der Waals surface area contributed by atoms with Gasteiger partial charge in [0.15, 0.2) is 0 Å². The standard InChI is InChI=1S/C14H11ClFNO2/c15-10-5-6-13(11(7-10)14(17)18)19-8-9-3-1-2-4-12(9)16/h1-7H,8H2,(H2,17,18). The normalized spacial score (nSPS) is 10.2. The van der Waals surface area contributed by atoms with Crippen molar-refractivity contribution in [3.05, 3.63) is 64.4 Å². The van der Waals surface area contributed by atoms with Gasteiger partial charge in [0.25, 0.3) is 5.91 Å². The zero-order chi connectivity index (χ0) is 13.8. The van der Waals surface area contributed by atoms with Crippen LogP contribution >= 0.6 is 11.6 Å². The third-order valence-electron chi connectivity index (χ3n) is 2.55. The third kappa shape index (κ3) is 3.23. The van der Waals surface area contributed by atoms with Gasteiger partial charge in [-0.3, -0.25) is 4.79 Å². The first-order valence-electron chi connectivity index (χ1n) is 5.53. The highest BCUT2D eigenvalue weighted by Crippen LogP contribution is 2.23. The van der Waals surface area contributed by atoms with E-state index in [9.17, 15) is 9.18 Å². The fourth-order valence-electron chi connectivity index (χ4n) is 1.59. The van der Waals surface area contributed by atoms with Crippen LogP contribution in [0.2, 0.25) is 5.02 Å². The van der Waals surface area contributed by atoms with E-state index in [0.717, 1.165) is 0 Å². The second kappa shape index (κ2) is 5.71. The van der Waals surface area contributed by atoms with Gasteiger partial charge in [0, 0.05) is 10.6 Å². The molecule has 2 rings (SSSR count). The van der Waals surface area contributed by atoms with Gasteiger partial charge in [0.05, 0.1) is 5.56 Å². The largest absolute Gasteiger partial charge is 0.488 e. The molecule has 5 heteroatoms. The van der Waals surface area contributed by atoms with Crippen LogP contribution in [0.25, 0.3) is 0 Å². The predicted molar refractivity (Wildman–Crippen MR) is 70.7 cm³/mol. The summed E-state index contributed by atoms with van der Waals surface area (Å²) in [7, 11) is 0. The summed E-state index contributed by atoms with van der Waals surface area (Å²) in [6.45, 7) is 0.00852. The molecule has 0 aliphatic carbocycles. The second-order valence-electron chi connectivity index (χ2n) is 3.88. The van der Waals surface area contributed by atoms with Crippen LogP contribution in [0.5, 0.6) is 5.75 Å². The molecule has 2 aromatic carbocycles. The molecule has 0 saturated carbocycles. The van der Waals surface area contributed by atoms with Crippen LogP contribution in [0.4, 0.5) is 4.39 Å². The number of primary amides is 1. The van der Waals surface area contributed by atoms with Crippen molar-refractivity contribution in [2.45, 2.75) is 6.61 Å². The maximum absolute atomic E-state index is 13.4. The zero-order valence-electron chi connectivity index (χ0n) is 9.90. The molecule has 1 amide bonds. The zero-order valence-corrected chi connectivity index (χ0v) is 10.7. The number of hydrogen-bond donors (Lipinski definition) is 1. The van der Waals surface area contributed by atoms with E-state index in [2.05, 4.69) is 0 Å². The molecule has 0 radical (unpaired) electrons. The van der Waals surface area contributed by atoms with Gasteiger partial charge in [-0.1, -0.05) is 29.8 Å². The van der Waals surface area contributed by atoms with Crippen LogP contribution < -0.4 is 10.5 Å². The van der Waals surface area contributed by atoms with E-state index < -0.39 is 5.91 Å². The molecule has 0 spiro atoms. The lowest BCUT2D eigenvalue weighted by atomic mass is 10.2. The number of benzene rings is 2. The van der Waals surface area contributed by atoms with Crippen molar-refractivity contribution in [1.29, 1.82) is 0 Å². The topological polar surface area (TPSA) is 52.3 Å². The first-order chi connectivity index (χ1) is 9.08. The summed E-state index contributed by atoms with van der Waals surface area (Å²) in [4.78, 5) is 11.3. The molecule has 0 aromatic heterocycles. The van der Waals surface area contributed by atoms with Gasteiger partial charge in [-0.25, -0.2) is 4.39 Å². The van der Waals surface area contributed by atoms with Crippen molar-refractivity contribution in [3.63, 3.8) is 0 Å². The Hall–Kier alpha value is -2.07. The van der Waals surface area contributed by atoms with E-state index in [-0.39, 0.29) is 23.7 Å². The van der Waals surface area contributed by atoms with Crippen LogP contribution in [0.15, 0.2) is 42.5 Å². The molecule has 0 atom stereocenters. The SMILES string of the molecule is NC(=O)c1cc(Cl)ccc1OCc1ccccc1F. The maximum atomic E-state index is 13.4. The summed E-state index contributed by atoms with van der Waals surface area (Å²) in [6, 6.07) is 10.8. The van der Waals surface area contributed by atoms with Crippen molar-refractivity contribution >= 4 is 17.5 Å². The fraction of sp³-hybridized carbons (Fsp3) is 0.0714. The van der Waals surface area contributed by atoms with E-state index in [1.165, 1.54) is 18.2 Å². The van der Waals surface area contributed by atoms with Crippen molar-refractivity contribution in [2.75, 3.05) is 0 Å². The molecule has 0 fully saturated rings. The second-order valence-corrected chi connectivity index (χ2v) is 4.32. The maximum Gasteiger partial charge on any atom is 0.252 e. The summed E-state index contributed by atoms with van der Waals surface area (Å²) in [5.74, 6) is -0.733. The smallest absolute Gasteiger partial charge is 0.252 e. The summed E-state index contributed by atoms with van der Waals surface area (Å²) in [6.07, 6.45) is 0. The highest BCUT2D eigenvalue weighted by molar-refractivity contribution is 6.31. The lowest BCUT2D eigenvalue weighted by Crippen LogP contribution is -2.13. The molecular weight excluding hydrogens is 269 g/mol. The van der Waals surface area contributed by atoms with Gasteiger partial charge in [0.2, 0.25) is 0 Å². The number of nitrogens with two attached hydrogens (primary N) is 1. The average molecular weight is 280 g/mol. The lowest BCUT2D eigenvalue weighted by molar-refractivity contribution is 0.0996. The number of halogens is 2. The summed E-state index contributed by atoms with van der Waals surface area (Å²) in [5, 5.41) is 0.382. The third-order valence-corrected chi connectivity index (χ3v) is 2.78. The van der Waals surface area contributed by atoms with Crippen molar-refractivity contribution in [3.8, 4) is 5.75 Å². The number of rotatable bonds is 4. The number of amides is 1. The minimum absolute atomic E-state index is 0.00852. The lowest BCUT2D eigenvalue weighted by Gasteiger charge is -2.10. The number of carbonyl (C=O) groups excluding carboxylic acids is 1. The highest BCUT2D eigenvalue weighted by Gasteiger charge is 2.11. The van der Waals surface area contributed by atoms with Crippen molar-refractivity contribution < 1.29 is 13.9 Å². The Labute approximate surface area is 114 Å². The molecule has 2 aromatic rings. The number of ether oxygens (including phenoxy) is 1. The van der Waals surface area contributed by atoms with Gasteiger partial charge in [0.1, 0.15) is 18.2 Å². The summed E-state index contributed by atoms with van der Waals surface area (Å²) < 4.78 is 18.8. The van der Waals surface area contributed by atoms with E-state index in [4.69, 9.17) is 22.1 Å². The Morgan fingerprint density at radius 2 is 2.00 bits per heavy atom. The van der Waals surface area contributed by atoms with E-state index >= 15 is 0 Å². The molecule has 0 unspecified atom stereocenters. The Kier molecular flexibility index (Phi) is 4.02. The summed E-state index contributed by atoms with van der Waals surface area (Å²) in [5.41, 5.74) is 5.80. The first kappa shape index (κ1) is 13.4. The molecular formula is C14H11ClFNO2. The molecule has 0 bridgehead atoms. The van der Waals surface area contributed by atoms with Crippen LogP contribution in [0, 0.1) is 5.82 Å². The average Bonchev–Trinajstić information content (AvgIpc) is 2.38. The first-order valence-corrected chi connectivity index (χ1v) is 5.91. The van der Waals surface area contributed by atoms with Gasteiger partial charge < -0.3 is 10.5 Å². The Bertz CT molecular complexity index is 616. The van der Waals surface area contributed by atoms with Crippen LogP contribution in [0.3, 0.4) is 0 Å². The molecule has 0 aliphatic heterocycles. The van der Waals surface area contributed by atoms with Gasteiger partial charge >= 0.3 is 0 Å². The minimum atomic E-state index is -0.647. The quantitative estimate of drug-likeness (QED) is 0.935. The fourth-order valence-corrected chi connectivity index (χ4v) is 1.76. The van der Waals surface area contributed by atoms with Crippen LogP contribution in [-0.4, -0.2) is 5.91 Å². The Morgan fingerprint density at radius 3 is 2.68 bits per heavy atom. The van der Waals surface area contributed by atoms with Gasteiger partial charge in [-0.15, -0.1) is 0 Å². The molecule has 98 valence electrons. The van der Waals surface area contributed by atoms with Gasteiger partial charge in [-0.2, -0.15) is 0 Å². The van der Waals surface area contributed by atoms with E-state index in [0.29, 0.717) is 10.6 Å². The predicted octanol–water partition coefficient (Wildman–Crippen LogP) is 3.16. The van der Waals surface area contributed by atoms with Gasteiger partial charge in [-0.05, 0) is 24.3 Å². The monoisotopic (exact) mass is 279 g/mol. The van der Waals surface area contributed by atoms with Crippen LogP contribution in [0.1, 0.15) is 15.9 Å². The molecule has 2 N–H and O–H groups in total. The van der Waals surface area contributed by atoms with E-state index in [1.807, 2.05) is 0 Å². The molecule has 19 heavy (non-hydrogen) atoms. The Balaban J connectivity index is 2.20. The minimum Gasteiger partial charge on any atom is -0.488 e. The highest BCUT2D eigenvalue weighted by atomic mass is 35.5. The Morgan fingerprint density at radius 1 is 1.26 bits per heavy atom. The molecule has 0 aliphatic rings. The number of carbonyl (C=O) groups is 1. The molecule has 0 saturated heterocycles. The summed E-state index contributed by atoms with van der Waals surface area (Å²) >= 11 is 5.78.